The first-order valence-electron chi connectivity index (χ1n) is 6.49. The lowest BCUT2D eigenvalue weighted by Crippen LogP contribution is -2.53. The Morgan fingerprint density at radius 3 is 2.88 bits per heavy atom. The second-order valence-electron chi connectivity index (χ2n) is 4.67. The highest BCUT2D eigenvalue weighted by molar-refractivity contribution is 5.14. The van der Waals surface area contributed by atoms with Gasteiger partial charge < -0.3 is 10.4 Å². The van der Waals surface area contributed by atoms with Crippen molar-refractivity contribution in [2.24, 2.45) is 0 Å². The quantitative estimate of drug-likeness (QED) is 0.794. The Balaban J connectivity index is 1.74. The lowest BCUT2D eigenvalue weighted by molar-refractivity contribution is 0.0997. The Hall–Kier alpha value is -0.900. The molecule has 1 heterocycles. The van der Waals surface area contributed by atoms with Crippen molar-refractivity contribution in [1.82, 2.24) is 10.2 Å². The highest BCUT2D eigenvalue weighted by atomic mass is 16.3. The van der Waals surface area contributed by atoms with Crippen LogP contribution in [0.4, 0.5) is 0 Å². The summed E-state index contributed by atoms with van der Waals surface area (Å²) in [6.07, 6.45) is 2.30. The molecule has 1 aromatic rings. The third-order valence-electron chi connectivity index (χ3n) is 3.44. The fourth-order valence-corrected chi connectivity index (χ4v) is 2.41. The molecule has 2 rings (SSSR count). The summed E-state index contributed by atoms with van der Waals surface area (Å²) in [5, 5.41) is 12.6. The fourth-order valence-electron chi connectivity index (χ4n) is 2.41. The molecule has 0 saturated carbocycles. The van der Waals surface area contributed by atoms with Crippen molar-refractivity contribution in [1.29, 1.82) is 0 Å². The summed E-state index contributed by atoms with van der Waals surface area (Å²) in [7, 11) is 0. The van der Waals surface area contributed by atoms with E-state index in [0.29, 0.717) is 6.04 Å². The first kappa shape index (κ1) is 12.6. The van der Waals surface area contributed by atoms with E-state index in [1.165, 1.54) is 12.0 Å². The summed E-state index contributed by atoms with van der Waals surface area (Å²) < 4.78 is 0. The van der Waals surface area contributed by atoms with Crippen molar-refractivity contribution in [3.8, 4) is 0 Å². The van der Waals surface area contributed by atoms with Crippen molar-refractivity contribution in [2.75, 3.05) is 32.8 Å². The minimum Gasteiger partial charge on any atom is -0.395 e. The van der Waals surface area contributed by atoms with Gasteiger partial charge in [0.25, 0.3) is 0 Å². The Morgan fingerprint density at radius 1 is 1.29 bits per heavy atom. The number of hydrogen-bond acceptors (Lipinski definition) is 3. The summed E-state index contributed by atoms with van der Waals surface area (Å²) in [6, 6.07) is 10.9. The van der Waals surface area contributed by atoms with Crippen LogP contribution in [0.3, 0.4) is 0 Å². The van der Waals surface area contributed by atoms with Crippen LogP contribution in [-0.4, -0.2) is 48.8 Å². The van der Waals surface area contributed by atoms with Gasteiger partial charge in [0, 0.05) is 25.7 Å². The van der Waals surface area contributed by atoms with Gasteiger partial charge in [-0.1, -0.05) is 30.3 Å². The molecule has 0 bridgehead atoms. The standard InChI is InChI=1S/C14H22N2O/c17-12-14-11-15-8-10-16(14)9-4-7-13-5-2-1-3-6-13/h1-3,5-6,14-15,17H,4,7-12H2. The maximum atomic E-state index is 9.30. The average molecular weight is 234 g/mol. The molecular weight excluding hydrogens is 212 g/mol. The third-order valence-corrected chi connectivity index (χ3v) is 3.44. The van der Waals surface area contributed by atoms with Crippen LogP contribution in [0.1, 0.15) is 12.0 Å². The Morgan fingerprint density at radius 2 is 2.12 bits per heavy atom. The molecule has 1 saturated heterocycles. The molecule has 1 aliphatic heterocycles. The normalized spacial score (nSPS) is 21.6. The zero-order valence-electron chi connectivity index (χ0n) is 10.3. The van der Waals surface area contributed by atoms with Crippen LogP contribution in [-0.2, 0) is 6.42 Å². The predicted octanol–water partition coefficient (Wildman–Crippen LogP) is 0.885. The van der Waals surface area contributed by atoms with Crippen LogP contribution in [0, 0.1) is 0 Å². The number of benzene rings is 1. The number of rotatable bonds is 5. The van der Waals surface area contributed by atoms with Crippen LogP contribution < -0.4 is 5.32 Å². The molecule has 0 amide bonds. The highest BCUT2D eigenvalue weighted by Gasteiger charge is 2.20. The molecule has 1 unspecified atom stereocenters. The van der Waals surface area contributed by atoms with Crippen molar-refractivity contribution < 1.29 is 5.11 Å². The number of aliphatic hydroxyl groups excluding tert-OH is 1. The van der Waals surface area contributed by atoms with Gasteiger partial charge in [-0.05, 0) is 24.9 Å². The summed E-state index contributed by atoms with van der Waals surface area (Å²) >= 11 is 0. The van der Waals surface area contributed by atoms with Crippen LogP contribution in [0.2, 0.25) is 0 Å². The fraction of sp³-hybridized carbons (Fsp3) is 0.571. The zero-order chi connectivity index (χ0) is 11.9. The molecule has 0 aliphatic carbocycles. The van der Waals surface area contributed by atoms with Crippen LogP contribution >= 0.6 is 0 Å². The number of hydrogen-bond donors (Lipinski definition) is 2. The molecule has 17 heavy (non-hydrogen) atoms. The molecule has 1 aliphatic rings. The van der Waals surface area contributed by atoms with Crippen molar-refractivity contribution in [3.63, 3.8) is 0 Å². The first-order valence-corrected chi connectivity index (χ1v) is 6.49. The minimum absolute atomic E-state index is 0.262. The van der Waals surface area contributed by atoms with Crippen molar-refractivity contribution >= 4 is 0 Å². The summed E-state index contributed by atoms with van der Waals surface area (Å²) in [4.78, 5) is 2.40. The predicted molar refractivity (Wildman–Crippen MR) is 70.1 cm³/mol. The summed E-state index contributed by atoms with van der Waals surface area (Å²) in [6.45, 7) is 4.36. The van der Waals surface area contributed by atoms with Gasteiger partial charge in [0.2, 0.25) is 0 Å². The largest absolute Gasteiger partial charge is 0.395 e. The number of aryl methyl sites for hydroxylation is 1. The van der Waals surface area contributed by atoms with Gasteiger partial charge in [-0.15, -0.1) is 0 Å². The summed E-state index contributed by atoms with van der Waals surface area (Å²) in [5.41, 5.74) is 1.41. The van der Waals surface area contributed by atoms with E-state index in [-0.39, 0.29) is 6.61 Å². The SMILES string of the molecule is OCC1CNCCN1CCCc1ccccc1. The Kier molecular flexibility index (Phi) is 4.98. The van der Waals surface area contributed by atoms with E-state index in [9.17, 15) is 5.11 Å². The smallest absolute Gasteiger partial charge is 0.0599 e. The van der Waals surface area contributed by atoms with E-state index >= 15 is 0 Å². The molecule has 3 heteroatoms. The molecule has 0 radical (unpaired) electrons. The van der Waals surface area contributed by atoms with Crippen LogP contribution in [0.5, 0.6) is 0 Å². The molecule has 1 aromatic carbocycles. The molecule has 0 aromatic heterocycles. The van der Waals surface area contributed by atoms with E-state index in [2.05, 4.69) is 40.5 Å². The maximum absolute atomic E-state index is 9.30. The van der Waals surface area contributed by atoms with Crippen LogP contribution in [0.25, 0.3) is 0 Å². The molecule has 0 spiro atoms. The number of aliphatic hydroxyl groups is 1. The van der Waals surface area contributed by atoms with E-state index in [1.807, 2.05) is 0 Å². The van der Waals surface area contributed by atoms with Gasteiger partial charge in [0.05, 0.1) is 6.61 Å². The van der Waals surface area contributed by atoms with Gasteiger partial charge >= 0.3 is 0 Å². The molecule has 1 atom stereocenters. The van der Waals surface area contributed by atoms with Gasteiger partial charge in [-0.25, -0.2) is 0 Å². The average Bonchev–Trinajstić information content (AvgIpc) is 2.40. The van der Waals surface area contributed by atoms with Crippen molar-refractivity contribution in [3.05, 3.63) is 35.9 Å². The second-order valence-corrected chi connectivity index (χ2v) is 4.67. The molecule has 2 N–H and O–H groups in total. The van der Waals surface area contributed by atoms with Crippen molar-refractivity contribution in [2.45, 2.75) is 18.9 Å². The molecule has 3 nitrogen and oxygen atoms in total. The van der Waals surface area contributed by atoms with Crippen LogP contribution in [0.15, 0.2) is 30.3 Å². The third kappa shape index (κ3) is 3.80. The lowest BCUT2D eigenvalue weighted by atomic mass is 10.1. The maximum Gasteiger partial charge on any atom is 0.0599 e. The first-order chi connectivity index (χ1) is 8.40. The van der Waals surface area contributed by atoms with E-state index in [1.54, 1.807) is 0 Å². The summed E-state index contributed by atoms with van der Waals surface area (Å²) in [5.74, 6) is 0. The lowest BCUT2D eigenvalue weighted by Gasteiger charge is -2.35. The van der Waals surface area contributed by atoms with Gasteiger partial charge in [-0.3, -0.25) is 4.90 Å². The number of nitrogens with zero attached hydrogens (tertiary/aromatic N) is 1. The Bertz CT molecular complexity index is 315. The molecule has 1 fully saturated rings. The van der Waals surface area contributed by atoms with Gasteiger partial charge in [0.15, 0.2) is 0 Å². The zero-order valence-corrected chi connectivity index (χ0v) is 10.3. The highest BCUT2D eigenvalue weighted by Crippen LogP contribution is 2.07. The topological polar surface area (TPSA) is 35.5 Å². The van der Waals surface area contributed by atoms with Gasteiger partial charge in [-0.2, -0.15) is 0 Å². The minimum atomic E-state index is 0.262. The molecule has 94 valence electrons. The number of piperazine rings is 1. The van der Waals surface area contributed by atoms with E-state index < -0.39 is 0 Å². The number of nitrogens with one attached hydrogen (secondary N) is 1. The van der Waals surface area contributed by atoms with E-state index in [0.717, 1.165) is 32.6 Å². The molecular formula is C14H22N2O. The second kappa shape index (κ2) is 6.74. The van der Waals surface area contributed by atoms with E-state index in [4.69, 9.17) is 0 Å². The monoisotopic (exact) mass is 234 g/mol. The Labute approximate surface area is 103 Å². The van der Waals surface area contributed by atoms with Gasteiger partial charge in [0.1, 0.15) is 0 Å².